The van der Waals surface area contributed by atoms with Crippen LogP contribution >= 0.6 is 35.0 Å². The van der Waals surface area contributed by atoms with Crippen molar-refractivity contribution < 1.29 is 4.79 Å². The van der Waals surface area contributed by atoms with E-state index in [4.69, 9.17) is 23.2 Å². The molecule has 0 aliphatic rings. The highest BCUT2D eigenvalue weighted by atomic mass is 35.5. The maximum Gasteiger partial charge on any atom is 0.236 e. The number of nitrogens with one attached hydrogen (secondary N) is 1. The van der Waals surface area contributed by atoms with Crippen molar-refractivity contribution in [1.82, 2.24) is 19.7 Å². The summed E-state index contributed by atoms with van der Waals surface area (Å²) in [5.41, 5.74) is 2.00. The summed E-state index contributed by atoms with van der Waals surface area (Å²) in [4.78, 5) is 16.5. The third kappa shape index (κ3) is 5.64. The number of carbonyl (C=O) groups excluding carboxylic acids is 1. The van der Waals surface area contributed by atoms with Crippen LogP contribution in [-0.2, 0) is 11.2 Å². The van der Waals surface area contributed by atoms with Gasteiger partial charge in [0.25, 0.3) is 0 Å². The van der Waals surface area contributed by atoms with Crippen LogP contribution in [0.4, 0.5) is 5.82 Å². The molecule has 0 fully saturated rings. The molecule has 4 rings (SSSR count). The van der Waals surface area contributed by atoms with Crippen molar-refractivity contribution in [3.8, 4) is 5.69 Å². The first-order chi connectivity index (χ1) is 15.1. The number of nitrogens with zero attached hydrogens (tertiary/aromatic N) is 4. The summed E-state index contributed by atoms with van der Waals surface area (Å²) in [6.45, 7) is 0. The summed E-state index contributed by atoms with van der Waals surface area (Å²) < 4.78 is 1.95. The summed E-state index contributed by atoms with van der Waals surface area (Å²) >= 11 is 13.2. The number of thioether (sulfide) groups is 1. The summed E-state index contributed by atoms with van der Waals surface area (Å²) in [7, 11) is 0. The molecule has 156 valence electrons. The van der Waals surface area contributed by atoms with Crippen LogP contribution in [0.5, 0.6) is 0 Å². The number of aromatic nitrogens is 4. The van der Waals surface area contributed by atoms with Crippen LogP contribution < -0.4 is 5.32 Å². The molecule has 2 aromatic heterocycles. The van der Waals surface area contributed by atoms with Gasteiger partial charge in [-0.1, -0.05) is 65.3 Å². The Balaban J connectivity index is 1.54. The zero-order valence-corrected chi connectivity index (χ0v) is 18.5. The van der Waals surface area contributed by atoms with E-state index in [1.807, 2.05) is 59.2 Å². The van der Waals surface area contributed by atoms with Gasteiger partial charge in [-0.15, -0.1) is 10.2 Å². The lowest BCUT2D eigenvalue weighted by Gasteiger charge is -2.11. The van der Waals surface area contributed by atoms with Gasteiger partial charge in [0.2, 0.25) is 5.91 Å². The molecular formula is C22H17Cl2N5OS. The Hall–Kier alpha value is -2.87. The second kappa shape index (κ2) is 9.96. The fourth-order valence-corrected chi connectivity index (χ4v) is 3.90. The number of pyridine rings is 1. The van der Waals surface area contributed by atoms with E-state index < -0.39 is 0 Å². The highest BCUT2D eigenvalue weighted by Crippen LogP contribution is 2.25. The molecule has 0 radical (unpaired) electrons. The zero-order valence-electron chi connectivity index (χ0n) is 16.2. The Labute approximate surface area is 193 Å². The van der Waals surface area contributed by atoms with Crippen molar-refractivity contribution in [2.75, 3.05) is 11.1 Å². The molecule has 0 aliphatic carbocycles. The number of rotatable bonds is 7. The molecule has 2 aromatic carbocycles. The van der Waals surface area contributed by atoms with E-state index in [1.54, 1.807) is 12.1 Å². The second-order valence-electron chi connectivity index (χ2n) is 6.57. The average molecular weight is 470 g/mol. The normalized spacial score (nSPS) is 10.8. The zero-order chi connectivity index (χ0) is 21.6. The summed E-state index contributed by atoms with van der Waals surface area (Å²) in [5.74, 6) is 1.17. The number of halogens is 2. The third-order valence-corrected chi connectivity index (χ3v) is 5.72. The highest BCUT2D eigenvalue weighted by molar-refractivity contribution is 7.99. The van der Waals surface area contributed by atoms with E-state index in [0.717, 1.165) is 17.1 Å². The number of carbonyl (C=O) groups is 1. The van der Waals surface area contributed by atoms with Gasteiger partial charge in [0, 0.05) is 23.3 Å². The lowest BCUT2D eigenvalue weighted by atomic mass is 10.1. The van der Waals surface area contributed by atoms with Crippen molar-refractivity contribution >= 4 is 46.7 Å². The molecule has 0 saturated heterocycles. The first-order valence-electron chi connectivity index (χ1n) is 9.37. The summed E-state index contributed by atoms with van der Waals surface area (Å²) in [6.07, 6.45) is 2.09. The summed E-state index contributed by atoms with van der Waals surface area (Å²) in [5, 5.41) is 13.2. The van der Waals surface area contributed by atoms with Crippen LogP contribution in [0.3, 0.4) is 0 Å². The Morgan fingerprint density at radius 1 is 0.935 bits per heavy atom. The number of hydrogen-bond donors (Lipinski definition) is 1. The van der Waals surface area contributed by atoms with Gasteiger partial charge in [-0.2, -0.15) is 0 Å². The molecule has 9 heteroatoms. The molecule has 0 bridgehead atoms. The minimum absolute atomic E-state index is 0.154. The van der Waals surface area contributed by atoms with E-state index in [2.05, 4.69) is 20.5 Å². The predicted octanol–water partition coefficient (Wildman–Crippen LogP) is 5.29. The lowest BCUT2D eigenvalue weighted by Crippen LogP contribution is -2.15. The Bertz CT molecular complexity index is 1160. The van der Waals surface area contributed by atoms with Crippen LogP contribution in [0.15, 0.2) is 78.1 Å². The van der Waals surface area contributed by atoms with E-state index in [0.29, 0.717) is 27.4 Å². The van der Waals surface area contributed by atoms with E-state index in [9.17, 15) is 4.79 Å². The maximum atomic E-state index is 12.4. The molecule has 0 aliphatic heterocycles. The molecule has 2 heterocycles. The van der Waals surface area contributed by atoms with Crippen LogP contribution in [-0.4, -0.2) is 31.4 Å². The largest absolute Gasteiger partial charge is 0.310 e. The van der Waals surface area contributed by atoms with Gasteiger partial charge < -0.3 is 5.32 Å². The van der Waals surface area contributed by atoms with Gasteiger partial charge in [0.1, 0.15) is 11.6 Å². The summed E-state index contributed by atoms with van der Waals surface area (Å²) in [6, 6.07) is 20.8. The van der Waals surface area contributed by atoms with Gasteiger partial charge in [-0.3, -0.25) is 9.36 Å². The van der Waals surface area contributed by atoms with Crippen LogP contribution in [0.1, 0.15) is 11.4 Å². The Morgan fingerprint density at radius 3 is 2.39 bits per heavy atom. The molecule has 0 saturated carbocycles. The van der Waals surface area contributed by atoms with Gasteiger partial charge in [-0.25, -0.2) is 4.98 Å². The fourth-order valence-electron chi connectivity index (χ4n) is 2.90. The molecule has 31 heavy (non-hydrogen) atoms. The van der Waals surface area contributed by atoms with Crippen LogP contribution in [0.25, 0.3) is 5.69 Å². The molecule has 0 spiro atoms. The quantitative estimate of drug-likeness (QED) is 0.372. The Kier molecular flexibility index (Phi) is 6.86. The fraction of sp³-hybridized carbons (Fsp3) is 0.0909. The Morgan fingerprint density at radius 2 is 1.68 bits per heavy atom. The highest BCUT2D eigenvalue weighted by Gasteiger charge is 2.16. The maximum absolute atomic E-state index is 12.4. The van der Waals surface area contributed by atoms with Gasteiger partial charge >= 0.3 is 0 Å². The van der Waals surface area contributed by atoms with Gasteiger partial charge in [-0.05, 0) is 42.0 Å². The minimum Gasteiger partial charge on any atom is -0.310 e. The number of amides is 1. The topological polar surface area (TPSA) is 72.7 Å². The van der Waals surface area contributed by atoms with Crippen LogP contribution in [0.2, 0.25) is 10.0 Å². The first kappa shape index (κ1) is 21.4. The number of benzene rings is 2. The predicted molar refractivity (Wildman–Crippen MR) is 124 cm³/mol. The van der Waals surface area contributed by atoms with Crippen molar-refractivity contribution in [1.29, 1.82) is 0 Å². The molecule has 4 aromatic rings. The van der Waals surface area contributed by atoms with E-state index in [1.165, 1.54) is 18.0 Å². The molecule has 0 atom stereocenters. The van der Waals surface area contributed by atoms with E-state index in [-0.39, 0.29) is 11.7 Å². The van der Waals surface area contributed by atoms with Crippen molar-refractivity contribution in [3.63, 3.8) is 0 Å². The smallest absolute Gasteiger partial charge is 0.236 e. The minimum atomic E-state index is -0.199. The van der Waals surface area contributed by atoms with E-state index >= 15 is 0 Å². The van der Waals surface area contributed by atoms with Gasteiger partial charge in [0.15, 0.2) is 5.16 Å². The average Bonchev–Trinajstić information content (AvgIpc) is 3.17. The third-order valence-electron chi connectivity index (χ3n) is 4.32. The van der Waals surface area contributed by atoms with Crippen molar-refractivity contribution in [2.45, 2.75) is 11.6 Å². The molecule has 0 unspecified atom stereocenters. The first-order valence-corrected chi connectivity index (χ1v) is 11.1. The monoisotopic (exact) mass is 469 g/mol. The molecule has 6 nitrogen and oxygen atoms in total. The number of anilines is 1. The number of hydrogen-bond acceptors (Lipinski definition) is 5. The standard InChI is InChI=1S/C22H17Cl2N5OS/c23-16-6-9-18(10-7-16)29-20(12-15-4-2-1-3-5-15)27-28-22(29)31-14-21(30)26-19-11-8-17(24)13-25-19/h1-11,13H,12,14H2,(H,25,26,30). The second-order valence-corrected chi connectivity index (χ2v) is 8.39. The SMILES string of the molecule is O=C(CSc1nnc(Cc2ccccc2)n1-c1ccc(Cl)cc1)Nc1ccc(Cl)cn1. The molecule has 1 amide bonds. The van der Waals surface area contributed by atoms with Crippen molar-refractivity contribution in [3.05, 3.63) is 94.4 Å². The molecular weight excluding hydrogens is 453 g/mol. The van der Waals surface area contributed by atoms with Gasteiger partial charge in [0.05, 0.1) is 10.8 Å². The van der Waals surface area contributed by atoms with Crippen molar-refractivity contribution in [2.24, 2.45) is 0 Å². The van der Waals surface area contributed by atoms with Crippen LogP contribution in [0, 0.1) is 0 Å². The lowest BCUT2D eigenvalue weighted by molar-refractivity contribution is -0.113. The molecule has 1 N–H and O–H groups in total.